The number of methoxy groups -OCH3 is 3. The summed E-state index contributed by atoms with van der Waals surface area (Å²) in [5.74, 6) is 0.760. The van der Waals surface area contributed by atoms with Crippen molar-refractivity contribution in [1.82, 2.24) is 24.7 Å². The number of ether oxygens (including phenoxy) is 3. The van der Waals surface area contributed by atoms with Gasteiger partial charge >= 0.3 is 0 Å². The van der Waals surface area contributed by atoms with Gasteiger partial charge in [-0.2, -0.15) is 0 Å². The Morgan fingerprint density at radius 3 is 2.32 bits per heavy atom. The Morgan fingerprint density at radius 1 is 1.11 bits per heavy atom. The van der Waals surface area contributed by atoms with E-state index in [-0.39, 0.29) is 18.2 Å². The lowest BCUT2D eigenvalue weighted by Gasteiger charge is -2.21. The topological polar surface area (TPSA) is 118 Å². The van der Waals surface area contributed by atoms with Gasteiger partial charge in [0.05, 0.1) is 16.9 Å². The first-order chi connectivity index (χ1) is 13.3. The molecule has 0 bridgehead atoms. The molecular formula is C16H24ClN5O5S. The lowest BCUT2D eigenvalue weighted by molar-refractivity contribution is 0.0948. The van der Waals surface area contributed by atoms with Gasteiger partial charge in [-0.1, -0.05) is 11.6 Å². The molecule has 0 amide bonds. The molecule has 0 aliphatic carbocycles. The Morgan fingerprint density at radius 2 is 1.75 bits per heavy atom. The van der Waals surface area contributed by atoms with Gasteiger partial charge in [0.2, 0.25) is 0 Å². The summed E-state index contributed by atoms with van der Waals surface area (Å²) in [5.41, 5.74) is 0. The van der Waals surface area contributed by atoms with Crippen molar-refractivity contribution in [3.05, 3.63) is 34.9 Å². The average molecular weight is 434 g/mol. The van der Waals surface area contributed by atoms with Crippen LogP contribution in [0.3, 0.4) is 0 Å². The molecule has 2 aromatic rings. The zero-order valence-electron chi connectivity index (χ0n) is 16.2. The van der Waals surface area contributed by atoms with E-state index in [1.54, 1.807) is 18.6 Å². The first kappa shape index (κ1) is 22.6. The molecule has 28 heavy (non-hydrogen) atoms. The third kappa shape index (κ3) is 5.45. The number of halogens is 1. The van der Waals surface area contributed by atoms with E-state index in [1.165, 1.54) is 26.6 Å². The first-order valence-electron chi connectivity index (χ1n) is 8.44. The van der Waals surface area contributed by atoms with E-state index in [2.05, 4.69) is 20.2 Å². The number of hydrogen-bond donors (Lipinski definition) is 0. The van der Waals surface area contributed by atoms with Crippen molar-refractivity contribution >= 4 is 21.4 Å². The zero-order chi connectivity index (χ0) is 20.7. The van der Waals surface area contributed by atoms with Crippen molar-refractivity contribution in [3.63, 3.8) is 0 Å². The lowest BCUT2D eigenvalue weighted by atomic mass is 10.2. The van der Waals surface area contributed by atoms with Crippen LogP contribution in [0.5, 0.6) is 0 Å². The number of rotatable bonds is 11. The second-order valence-corrected chi connectivity index (χ2v) is 8.83. The summed E-state index contributed by atoms with van der Waals surface area (Å²) in [6.45, 7) is 2.56. The Hall–Kier alpha value is -1.66. The van der Waals surface area contributed by atoms with Gasteiger partial charge in [0.25, 0.3) is 0 Å². The van der Waals surface area contributed by atoms with E-state index in [1.807, 2.05) is 0 Å². The largest absolute Gasteiger partial charge is 0.383 e. The maximum absolute atomic E-state index is 13.0. The summed E-state index contributed by atoms with van der Waals surface area (Å²) in [6, 6.07) is 0. The molecule has 156 valence electrons. The second-order valence-electron chi connectivity index (χ2n) is 6.04. The SMILES string of the molecule is COCCn1c(COC)nnc1CS(=O)(=O)[C@@H](C)[C@H](OC)c1ncc(Cl)cn1. The quantitative estimate of drug-likeness (QED) is 0.514. The molecule has 0 aliphatic rings. The van der Waals surface area contributed by atoms with Crippen molar-refractivity contribution < 1.29 is 22.6 Å². The molecule has 2 heterocycles. The highest BCUT2D eigenvalue weighted by atomic mass is 35.5. The van der Waals surface area contributed by atoms with Gasteiger partial charge < -0.3 is 18.8 Å². The average Bonchev–Trinajstić information content (AvgIpc) is 3.03. The van der Waals surface area contributed by atoms with Gasteiger partial charge in [-0.25, -0.2) is 18.4 Å². The van der Waals surface area contributed by atoms with Crippen LogP contribution >= 0.6 is 11.6 Å². The number of aromatic nitrogens is 5. The minimum Gasteiger partial charge on any atom is -0.383 e. The molecule has 0 N–H and O–H groups in total. The first-order valence-corrected chi connectivity index (χ1v) is 10.5. The normalized spacial score (nSPS) is 14.2. The maximum Gasteiger partial charge on any atom is 0.163 e. The highest BCUT2D eigenvalue weighted by Crippen LogP contribution is 2.25. The summed E-state index contributed by atoms with van der Waals surface area (Å²) >= 11 is 5.80. The van der Waals surface area contributed by atoms with Gasteiger partial charge in [-0.15, -0.1) is 10.2 Å². The van der Waals surface area contributed by atoms with Gasteiger partial charge in [0.1, 0.15) is 24.3 Å². The van der Waals surface area contributed by atoms with Crippen LogP contribution in [0.4, 0.5) is 0 Å². The smallest absolute Gasteiger partial charge is 0.163 e. The molecule has 0 aliphatic heterocycles. The van der Waals surface area contributed by atoms with Crippen LogP contribution in [-0.2, 0) is 43.0 Å². The fourth-order valence-electron chi connectivity index (χ4n) is 2.63. The third-order valence-electron chi connectivity index (χ3n) is 4.17. The highest BCUT2D eigenvalue weighted by Gasteiger charge is 2.34. The van der Waals surface area contributed by atoms with Crippen molar-refractivity contribution in [1.29, 1.82) is 0 Å². The van der Waals surface area contributed by atoms with Gasteiger partial charge in [0.15, 0.2) is 21.5 Å². The molecule has 2 aromatic heterocycles. The zero-order valence-corrected chi connectivity index (χ0v) is 17.8. The van der Waals surface area contributed by atoms with Crippen molar-refractivity contribution in [3.8, 4) is 0 Å². The second kappa shape index (κ2) is 10.2. The molecule has 2 atom stereocenters. The fourth-order valence-corrected chi connectivity index (χ4v) is 4.17. The molecule has 12 heteroatoms. The van der Waals surface area contributed by atoms with Crippen LogP contribution in [-0.4, -0.2) is 66.3 Å². The molecule has 0 saturated carbocycles. The molecule has 2 rings (SSSR count). The Kier molecular flexibility index (Phi) is 8.25. The van der Waals surface area contributed by atoms with Crippen LogP contribution in [0.15, 0.2) is 12.4 Å². The van der Waals surface area contributed by atoms with E-state index >= 15 is 0 Å². The summed E-state index contributed by atoms with van der Waals surface area (Å²) in [7, 11) is 0.829. The van der Waals surface area contributed by atoms with E-state index < -0.39 is 21.2 Å². The Labute approximate surface area is 169 Å². The molecule has 0 aromatic carbocycles. The Bertz CT molecular complexity index is 859. The Balaban J connectivity index is 2.27. The van der Waals surface area contributed by atoms with E-state index in [0.717, 1.165) is 0 Å². The van der Waals surface area contributed by atoms with Crippen LogP contribution in [0.1, 0.15) is 30.5 Å². The van der Waals surface area contributed by atoms with Crippen LogP contribution < -0.4 is 0 Å². The van der Waals surface area contributed by atoms with Crippen LogP contribution in [0.25, 0.3) is 0 Å². The summed E-state index contributed by atoms with van der Waals surface area (Å²) in [4.78, 5) is 8.16. The monoisotopic (exact) mass is 433 g/mol. The molecule has 0 unspecified atom stereocenters. The molecular weight excluding hydrogens is 410 g/mol. The number of nitrogens with zero attached hydrogens (tertiary/aromatic N) is 5. The maximum atomic E-state index is 13.0. The standard InChI is InChI=1S/C16H24ClN5O5S/c1-11(15(27-4)16-18-7-12(17)8-19-16)28(23,24)10-14-21-20-13(9-26-3)22(14)5-6-25-2/h7-8,11,15H,5-6,9-10H2,1-4H3/t11-,15-/m0/s1. The predicted molar refractivity (Wildman–Crippen MR) is 101 cm³/mol. The van der Waals surface area contributed by atoms with Crippen molar-refractivity contribution in [2.75, 3.05) is 27.9 Å². The fraction of sp³-hybridized carbons (Fsp3) is 0.625. The van der Waals surface area contributed by atoms with E-state index in [4.69, 9.17) is 25.8 Å². The van der Waals surface area contributed by atoms with E-state index in [9.17, 15) is 8.42 Å². The summed E-state index contributed by atoms with van der Waals surface area (Å²) in [5, 5.41) is 7.50. The molecule has 0 saturated heterocycles. The molecule has 0 fully saturated rings. The molecule has 10 nitrogen and oxygen atoms in total. The van der Waals surface area contributed by atoms with E-state index in [0.29, 0.717) is 29.8 Å². The van der Waals surface area contributed by atoms with Crippen LogP contribution in [0.2, 0.25) is 5.02 Å². The van der Waals surface area contributed by atoms with Gasteiger partial charge in [-0.05, 0) is 6.92 Å². The summed E-state index contributed by atoms with van der Waals surface area (Å²) in [6.07, 6.45) is 1.94. The summed E-state index contributed by atoms with van der Waals surface area (Å²) < 4.78 is 43.3. The van der Waals surface area contributed by atoms with Crippen molar-refractivity contribution in [2.45, 2.75) is 37.2 Å². The number of sulfone groups is 1. The van der Waals surface area contributed by atoms with Gasteiger partial charge in [-0.3, -0.25) is 0 Å². The molecule has 0 radical (unpaired) electrons. The lowest BCUT2D eigenvalue weighted by Crippen LogP contribution is -2.30. The van der Waals surface area contributed by atoms with Crippen LogP contribution in [0, 0.1) is 0 Å². The highest BCUT2D eigenvalue weighted by molar-refractivity contribution is 7.91. The van der Waals surface area contributed by atoms with Crippen molar-refractivity contribution in [2.24, 2.45) is 0 Å². The third-order valence-corrected chi connectivity index (χ3v) is 6.40. The number of hydrogen-bond acceptors (Lipinski definition) is 9. The minimum absolute atomic E-state index is 0.214. The predicted octanol–water partition coefficient (Wildman–Crippen LogP) is 1.21. The minimum atomic E-state index is -3.68. The molecule has 0 spiro atoms. The van der Waals surface area contributed by atoms with Gasteiger partial charge in [0, 0.05) is 40.3 Å².